The predicted octanol–water partition coefficient (Wildman–Crippen LogP) is 12.4. The van der Waals surface area contributed by atoms with Gasteiger partial charge in [0.15, 0.2) is 8.07 Å². The van der Waals surface area contributed by atoms with Gasteiger partial charge in [-0.2, -0.15) is 0 Å². The molecule has 0 saturated carbocycles. The van der Waals surface area contributed by atoms with Crippen LogP contribution in [0.1, 0.15) is 0 Å². The molecule has 278 valence electrons. The van der Waals surface area contributed by atoms with E-state index in [2.05, 4.69) is 235 Å². The third-order valence-electron chi connectivity index (χ3n) is 12.0. The topological polar surface area (TPSA) is 16.4 Å². The number of para-hydroxylation sites is 1. The second kappa shape index (κ2) is 14.5. The van der Waals surface area contributed by atoms with E-state index >= 15 is 0 Å². The Bertz CT molecular complexity index is 3150. The maximum atomic E-state index is 6.54. The van der Waals surface area contributed by atoms with Crippen LogP contribution in [0.3, 0.4) is 0 Å². The first kappa shape index (κ1) is 34.8. The van der Waals surface area contributed by atoms with Crippen LogP contribution >= 0.6 is 0 Å². The largest absolute Gasteiger partial charge is 0.455 e. The van der Waals surface area contributed by atoms with Crippen LogP contribution in [-0.2, 0) is 0 Å². The molecule has 0 bridgehead atoms. The first-order valence-electron chi connectivity index (χ1n) is 20.3. The molecule has 0 unspecified atom stereocenters. The number of hydrogen-bond acceptors (Lipinski definition) is 2. The molecule has 11 aromatic rings. The zero-order valence-electron chi connectivity index (χ0n) is 32.4. The fraction of sp³-hybridized carbons (Fsp3) is 0. The molecule has 0 saturated heterocycles. The average Bonchev–Trinajstić information content (AvgIpc) is 3.70. The summed E-state index contributed by atoms with van der Waals surface area (Å²) < 4.78 is 6.54. The molecule has 0 fully saturated rings. The Hall–Kier alpha value is -7.46. The number of furan rings is 1. The van der Waals surface area contributed by atoms with E-state index < -0.39 is 8.07 Å². The summed E-state index contributed by atoms with van der Waals surface area (Å²) in [4.78, 5) is 2.43. The highest BCUT2D eigenvalue weighted by molar-refractivity contribution is 7.19. The molecular weight excluding hydrogens is 731 g/mol. The third kappa shape index (κ3) is 5.78. The Morgan fingerprint density at radius 2 is 0.797 bits per heavy atom. The molecule has 1 heterocycles. The van der Waals surface area contributed by atoms with Crippen LogP contribution in [-0.4, -0.2) is 8.07 Å². The smallest absolute Gasteiger partial charge is 0.179 e. The Balaban J connectivity index is 1.06. The van der Waals surface area contributed by atoms with Crippen molar-refractivity contribution in [1.82, 2.24) is 0 Å². The van der Waals surface area contributed by atoms with Crippen LogP contribution in [0.25, 0.3) is 54.6 Å². The van der Waals surface area contributed by atoms with Crippen molar-refractivity contribution in [2.24, 2.45) is 0 Å². The van der Waals surface area contributed by atoms with Crippen molar-refractivity contribution in [2.45, 2.75) is 0 Å². The molecule has 0 aliphatic carbocycles. The zero-order valence-corrected chi connectivity index (χ0v) is 33.4. The van der Waals surface area contributed by atoms with Crippen molar-refractivity contribution in [1.29, 1.82) is 0 Å². The lowest BCUT2D eigenvalue weighted by atomic mass is 10.00. The van der Waals surface area contributed by atoms with Gasteiger partial charge in [0.25, 0.3) is 0 Å². The Kier molecular flexibility index (Phi) is 8.53. The highest BCUT2D eigenvalue weighted by atomic mass is 28.3. The number of nitrogens with zero attached hydrogens (tertiary/aromatic N) is 1. The summed E-state index contributed by atoms with van der Waals surface area (Å²) >= 11 is 0. The van der Waals surface area contributed by atoms with E-state index in [0.29, 0.717) is 0 Å². The lowest BCUT2D eigenvalue weighted by Gasteiger charge is -2.34. The summed E-state index contributed by atoms with van der Waals surface area (Å²) in [5, 5.41) is 12.3. The molecule has 0 N–H and O–H groups in total. The molecule has 2 nitrogen and oxygen atoms in total. The van der Waals surface area contributed by atoms with Crippen molar-refractivity contribution in [3.63, 3.8) is 0 Å². The molecule has 1 aromatic heterocycles. The monoisotopic (exact) mass is 769 g/mol. The normalized spacial score (nSPS) is 11.7. The van der Waals surface area contributed by atoms with Crippen molar-refractivity contribution in [3.8, 4) is 11.1 Å². The quantitative estimate of drug-likeness (QED) is 0.113. The van der Waals surface area contributed by atoms with Crippen LogP contribution < -0.4 is 25.6 Å². The van der Waals surface area contributed by atoms with Gasteiger partial charge in [0.2, 0.25) is 0 Å². The minimum atomic E-state index is -2.61. The van der Waals surface area contributed by atoms with Crippen molar-refractivity contribution in [3.05, 3.63) is 237 Å². The van der Waals surface area contributed by atoms with Gasteiger partial charge in [-0.3, -0.25) is 0 Å². The summed E-state index contributed by atoms with van der Waals surface area (Å²) in [5.74, 6) is 0. The number of fused-ring (bicyclic) bond motifs is 6. The van der Waals surface area contributed by atoms with Gasteiger partial charge in [-0.1, -0.05) is 206 Å². The molecule has 3 heteroatoms. The summed E-state index contributed by atoms with van der Waals surface area (Å²) in [6.45, 7) is 0. The SMILES string of the molecule is c1ccc([Si](c2ccccc2)(c2ccccc2)c2ccc(-c3ccc(N(c4cccc5ccccc45)c4cc5c6ccccc6oc5c5ccccc45)cc3)cc2)cc1. The molecule has 0 spiro atoms. The predicted molar refractivity (Wildman–Crippen MR) is 252 cm³/mol. The molecule has 0 atom stereocenters. The first-order chi connectivity index (χ1) is 29.3. The summed E-state index contributed by atoms with van der Waals surface area (Å²) in [7, 11) is -2.61. The van der Waals surface area contributed by atoms with E-state index in [1.165, 1.54) is 42.6 Å². The molecular formula is C56H39NOSi. The average molecular weight is 770 g/mol. The van der Waals surface area contributed by atoms with Crippen LogP contribution in [0.15, 0.2) is 241 Å². The number of anilines is 3. The van der Waals surface area contributed by atoms with Gasteiger partial charge in [-0.25, -0.2) is 0 Å². The molecule has 10 aromatic carbocycles. The standard InChI is InChI=1S/C56H39NOSi/c1-4-19-44(20-5-1)59(45-21-6-2-7-22-45,46-23-8-3-9-24-46)47-37-33-41(34-38-47)40-31-35-43(36-32-40)57(53-29-16-18-42-17-10-11-25-48(42)53)54-39-52-50-27-14-15-30-55(50)58-56(52)51-28-13-12-26-49(51)54/h1-39H. The Labute approximate surface area is 344 Å². The molecule has 11 rings (SSSR count). The minimum absolute atomic E-state index is 0.896. The van der Waals surface area contributed by atoms with Crippen molar-refractivity contribution in [2.75, 3.05) is 4.90 Å². The summed E-state index contributed by atoms with van der Waals surface area (Å²) in [5.41, 5.74) is 7.49. The van der Waals surface area contributed by atoms with E-state index in [4.69, 9.17) is 4.42 Å². The summed E-state index contributed by atoms with van der Waals surface area (Å²) in [6, 6.07) is 86.4. The minimum Gasteiger partial charge on any atom is -0.455 e. The highest BCUT2D eigenvalue weighted by Gasteiger charge is 2.41. The van der Waals surface area contributed by atoms with Gasteiger partial charge in [0, 0.05) is 32.6 Å². The van der Waals surface area contributed by atoms with Gasteiger partial charge in [0.1, 0.15) is 11.2 Å². The maximum Gasteiger partial charge on any atom is 0.179 e. The van der Waals surface area contributed by atoms with Crippen LogP contribution in [0.2, 0.25) is 0 Å². The van der Waals surface area contributed by atoms with Gasteiger partial charge in [0.05, 0.1) is 11.4 Å². The van der Waals surface area contributed by atoms with Gasteiger partial charge in [-0.05, 0) is 67.6 Å². The van der Waals surface area contributed by atoms with E-state index in [9.17, 15) is 0 Å². The molecule has 0 radical (unpaired) electrons. The van der Waals surface area contributed by atoms with Gasteiger partial charge >= 0.3 is 0 Å². The highest BCUT2D eigenvalue weighted by Crippen LogP contribution is 2.46. The fourth-order valence-corrected chi connectivity index (χ4v) is 14.0. The Morgan fingerprint density at radius 1 is 0.322 bits per heavy atom. The van der Waals surface area contributed by atoms with Gasteiger partial charge < -0.3 is 9.32 Å². The second-order valence-corrected chi connectivity index (χ2v) is 19.0. The first-order valence-corrected chi connectivity index (χ1v) is 22.3. The number of hydrogen-bond donors (Lipinski definition) is 0. The lowest BCUT2D eigenvalue weighted by Crippen LogP contribution is -2.74. The van der Waals surface area contributed by atoms with E-state index in [1.54, 1.807) is 0 Å². The molecule has 0 amide bonds. The lowest BCUT2D eigenvalue weighted by molar-refractivity contribution is 0.672. The van der Waals surface area contributed by atoms with Crippen LogP contribution in [0, 0.1) is 0 Å². The number of rotatable bonds is 8. The third-order valence-corrected chi connectivity index (χ3v) is 16.8. The van der Waals surface area contributed by atoms with Crippen LogP contribution in [0.5, 0.6) is 0 Å². The van der Waals surface area contributed by atoms with E-state index in [1.807, 2.05) is 6.07 Å². The van der Waals surface area contributed by atoms with Gasteiger partial charge in [-0.15, -0.1) is 0 Å². The zero-order chi connectivity index (χ0) is 39.2. The van der Waals surface area contributed by atoms with E-state index in [0.717, 1.165) is 49.8 Å². The molecule has 59 heavy (non-hydrogen) atoms. The molecule has 0 aliphatic heterocycles. The van der Waals surface area contributed by atoms with E-state index in [-0.39, 0.29) is 0 Å². The second-order valence-electron chi connectivity index (χ2n) is 15.2. The van der Waals surface area contributed by atoms with Crippen molar-refractivity contribution >= 4 is 89.4 Å². The molecule has 0 aliphatic rings. The fourth-order valence-electron chi connectivity index (χ4n) is 9.30. The van der Waals surface area contributed by atoms with Crippen molar-refractivity contribution < 1.29 is 4.42 Å². The van der Waals surface area contributed by atoms with Crippen LogP contribution in [0.4, 0.5) is 17.1 Å². The number of benzene rings is 10. The maximum absolute atomic E-state index is 6.54. The Morgan fingerprint density at radius 3 is 1.42 bits per heavy atom. The summed E-state index contributed by atoms with van der Waals surface area (Å²) in [6.07, 6.45) is 0.